The second-order valence-electron chi connectivity index (χ2n) is 14.4. The Labute approximate surface area is 308 Å². The molecule has 0 fully saturated rings. The molecule has 0 aliphatic carbocycles. The number of nitrogens with zero attached hydrogens (tertiary/aromatic N) is 2. The van der Waals surface area contributed by atoms with Gasteiger partial charge in [-0.15, -0.1) is 11.3 Å². The zero-order valence-electron chi connectivity index (χ0n) is 28.4. The van der Waals surface area contributed by atoms with Gasteiger partial charge in [-0.25, -0.2) is 0 Å². The number of aromatic nitrogens is 2. The zero-order chi connectivity index (χ0) is 34.4. The molecule has 8 aromatic carbocycles. The third kappa shape index (κ3) is 3.36. The van der Waals surface area contributed by atoms with E-state index < -0.39 is 5.41 Å². The van der Waals surface area contributed by atoms with Gasteiger partial charge >= 0.3 is 0 Å². The Hall–Kier alpha value is -6.62. The number of para-hydroxylation sites is 5. The summed E-state index contributed by atoms with van der Waals surface area (Å²) in [6, 6.07) is 62.7. The van der Waals surface area contributed by atoms with Crippen molar-refractivity contribution in [3.8, 4) is 22.9 Å². The standard InChI is InChI=1S/C49H28N2OS/c1-7-20-41-30(12-1)33-15-11-18-38-48(33)51(41)42-21-8-4-16-36(42)49(38)37-17-5-9-22-44(37)52-45-28-43-34(27-39(45)49)31-13-2-6-19-40(31)50(43)29-24-25-47-35(26-29)32-14-3-10-23-46(32)53-47/h1-28H. The maximum atomic E-state index is 7.05. The fourth-order valence-corrected chi connectivity index (χ4v) is 11.0. The van der Waals surface area contributed by atoms with Gasteiger partial charge in [-0.1, -0.05) is 109 Å². The van der Waals surface area contributed by atoms with Gasteiger partial charge in [-0.2, -0.15) is 0 Å². The molecule has 1 spiro atoms. The Balaban J connectivity index is 1.19. The summed E-state index contributed by atoms with van der Waals surface area (Å²) < 4.78 is 14.6. The van der Waals surface area contributed by atoms with Gasteiger partial charge in [0, 0.05) is 64.6 Å². The molecule has 1 atom stereocenters. The van der Waals surface area contributed by atoms with Crippen molar-refractivity contribution in [3.05, 3.63) is 192 Å². The summed E-state index contributed by atoms with van der Waals surface area (Å²) in [6.07, 6.45) is 0. The molecular weight excluding hydrogens is 665 g/mol. The third-order valence-electron chi connectivity index (χ3n) is 12.0. The second kappa shape index (κ2) is 9.82. The van der Waals surface area contributed by atoms with E-state index in [-0.39, 0.29) is 0 Å². The summed E-state index contributed by atoms with van der Waals surface area (Å²) in [4.78, 5) is 0. The summed E-state index contributed by atoms with van der Waals surface area (Å²) >= 11 is 1.86. The molecule has 2 aliphatic rings. The Morgan fingerprint density at radius 1 is 0.396 bits per heavy atom. The van der Waals surface area contributed by atoms with E-state index in [0.29, 0.717) is 0 Å². The first kappa shape index (κ1) is 28.0. The molecule has 0 N–H and O–H groups in total. The molecule has 5 heterocycles. The van der Waals surface area contributed by atoms with Crippen LogP contribution in [0.1, 0.15) is 22.3 Å². The Morgan fingerprint density at radius 3 is 1.94 bits per heavy atom. The molecule has 3 nitrogen and oxygen atoms in total. The molecular formula is C49H28N2OS. The number of hydrogen-bond donors (Lipinski definition) is 0. The van der Waals surface area contributed by atoms with Gasteiger partial charge in [0.1, 0.15) is 11.5 Å². The Bertz CT molecular complexity index is 3400. The van der Waals surface area contributed by atoms with E-state index in [1.54, 1.807) is 0 Å². The first-order chi connectivity index (χ1) is 26.3. The molecule has 13 rings (SSSR count). The highest BCUT2D eigenvalue weighted by Gasteiger charge is 2.50. The number of hydrogen-bond acceptors (Lipinski definition) is 2. The highest BCUT2D eigenvalue weighted by Crippen LogP contribution is 2.61. The SMILES string of the molecule is c1ccc2c(c1)Oc1cc3c(cc1C21c2ccccc2-n2c4ccccc4c4cccc1c42)c1ccccc1n3-c1ccc2sc3ccccc3c2c1. The first-order valence-corrected chi connectivity index (χ1v) is 19.0. The summed E-state index contributed by atoms with van der Waals surface area (Å²) in [5.74, 6) is 1.78. The maximum absolute atomic E-state index is 7.05. The van der Waals surface area contributed by atoms with Crippen molar-refractivity contribution in [1.82, 2.24) is 9.13 Å². The predicted octanol–water partition coefficient (Wildman–Crippen LogP) is 13.1. The van der Waals surface area contributed by atoms with Crippen molar-refractivity contribution in [2.45, 2.75) is 5.41 Å². The summed E-state index contributed by atoms with van der Waals surface area (Å²) in [6.45, 7) is 0. The van der Waals surface area contributed by atoms with E-state index in [2.05, 4.69) is 179 Å². The van der Waals surface area contributed by atoms with Gasteiger partial charge in [0.15, 0.2) is 0 Å². The number of fused-ring (bicyclic) bond motifs is 17. The van der Waals surface area contributed by atoms with Crippen molar-refractivity contribution in [2.75, 3.05) is 0 Å². The molecule has 3 aromatic heterocycles. The van der Waals surface area contributed by atoms with Gasteiger partial charge in [-0.05, 0) is 65.7 Å². The monoisotopic (exact) mass is 692 g/mol. The number of rotatable bonds is 1. The zero-order valence-corrected chi connectivity index (χ0v) is 29.2. The van der Waals surface area contributed by atoms with Crippen LogP contribution < -0.4 is 4.74 Å². The van der Waals surface area contributed by atoms with Crippen LogP contribution in [0, 0.1) is 0 Å². The van der Waals surface area contributed by atoms with Crippen LogP contribution in [0.3, 0.4) is 0 Å². The minimum absolute atomic E-state index is 0.615. The molecule has 11 aromatic rings. The lowest BCUT2D eigenvalue weighted by Crippen LogP contribution is -2.37. The quantitative estimate of drug-likeness (QED) is 0.168. The molecule has 53 heavy (non-hydrogen) atoms. The molecule has 246 valence electrons. The van der Waals surface area contributed by atoms with Gasteiger partial charge in [-0.3, -0.25) is 0 Å². The second-order valence-corrected chi connectivity index (χ2v) is 15.5. The average Bonchev–Trinajstić information content (AvgIpc) is 3.87. The Morgan fingerprint density at radius 2 is 1.06 bits per heavy atom. The van der Waals surface area contributed by atoms with Crippen LogP contribution in [-0.2, 0) is 5.41 Å². The summed E-state index contributed by atoms with van der Waals surface area (Å²) in [5, 5.41) is 7.58. The number of ether oxygens (including phenoxy) is 1. The van der Waals surface area contributed by atoms with Crippen LogP contribution in [-0.4, -0.2) is 9.13 Å². The van der Waals surface area contributed by atoms with E-state index in [4.69, 9.17) is 4.74 Å². The minimum atomic E-state index is -0.615. The van der Waals surface area contributed by atoms with Crippen LogP contribution >= 0.6 is 11.3 Å². The van der Waals surface area contributed by atoms with Crippen LogP contribution in [0.2, 0.25) is 0 Å². The normalized spacial score (nSPS) is 15.8. The number of benzene rings is 8. The molecule has 0 bridgehead atoms. The first-order valence-electron chi connectivity index (χ1n) is 18.2. The van der Waals surface area contributed by atoms with Gasteiger partial charge in [0.2, 0.25) is 0 Å². The summed E-state index contributed by atoms with van der Waals surface area (Å²) in [7, 11) is 0. The van der Waals surface area contributed by atoms with Crippen LogP contribution in [0.5, 0.6) is 11.5 Å². The molecule has 1 unspecified atom stereocenters. The van der Waals surface area contributed by atoms with Gasteiger partial charge in [0.05, 0.1) is 33.2 Å². The summed E-state index contributed by atoms with van der Waals surface area (Å²) in [5.41, 5.74) is 11.4. The maximum Gasteiger partial charge on any atom is 0.134 e. The van der Waals surface area contributed by atoms with E-state index in [1.807, 2.05) is 11.3 Å². The molecule has 0 saturated carbocycles. The molecule has 2 aliphatic heterocycles. The average molecular weight is 693 g/mol. The lowest BCUT2D eigenvalue weighted by Gasteiger charge is -2.45. The third-order valence-corrected chi connectivity index (χ3v) is 13.1. The van der Waals surface area contributed by atoms with Gasteiger partial charge in [0.25, 0.3) is 0 Å². The lowest BCUT2D eigenvalue weighted by atomic mass is 9.61. The van der Waals surface area contributed by atoms with Crippen molar-refractivity contribution in [3.63, 3.8) is 0 Å². The predicted molar refractivity (Wildman–Crippen MR) is 220 cm³/mol. The Kier molecular flexibility index (Phi) is 5.19. The molecule has 0 amide bonds. The topological polar surface area (TPSA) is 19.1 Å². The smallest absolute Gasteiger partial charge is 0.134 e. The fourth-order valence-electron chi connectivity index (χ4n) is 9.92. The van der Waals surface area contributed by atoms with Crippen molar-refractivity contribution >= 4 is 75.1 Å². The highest BCUT2D eigenvalue weighted by molar-refractivity contribution is 7.25. The van der Waals surface area contributed by atoms with Crippen LogP contribution in [0.25, 0.3) is 75.2 Å². The highest BCUT2D eigenvalue weighted by atomic mass is 32.1. The van der Waals surface area contributed by atoms with Crippen LogP contribution in [0.4, 0.5) is 0 Å². The van der Waals surface area contributed by atoms with E-state index in [1.165, 1.54) is 86.2 Å². The van der Waals surface area contributed by atoms with E-state index >= 15 is 0 Å². The number of thiophene rings is 1. The van der Waals surface area contributed by atoms with Gasteiger partial charge < -0.3 is 13.9 Å². The van der Waals surface area contributed by atoms with E-state index in [0.717, 1.165) is 22.7 Å². The van der Waals surface area contributed by atoms with Crippen molar-refractivity contribution in [1.29, 1.82) is 0 Å². The molecule has 4 heteroatoms. The minimum Gasteiger partial charge on any atom is -0.457 e. The van der Waals surface area contributed by atoms with Crippen LogP contribution in [0.15, 0.2) is 170 Å². The van der Waals surface area contributed by atoms with Crippen molar-refractivity contribution in [2.24, 2.45) is 0 Å². The molecule has 0 radical (unpaired) electrons. The largest absolute Gasteiger partial charge is 0.457 e. The fraction of sp³-hybridized carbons (Fsp3) is 0.0204. The van der Waals surface area contributed by atoms with E-state index in [9.17, 15) is 0 Å². The van der Waals surface area contributed by atoms with Crippen molar-refractivity contribution < 1.29 is 4.74 Å². The molecule has 0 saturated heterocycles. The lowest BCUT2D eigenvalue weighted by molar-refractivity contribution is 0.435.